The quantitative estimate of drug-likeness (QED) is 0.793. The number of fused-ring (bicyclic) bond motifs is 1. The van der Waals surface area contributed by atoms with Crippen LogP contribution in [0.25, 0.3) is 11.0 Å². The van der Waals surface area contributed by atoms with E-state index in [-0.39, 0.29) is 6.10 Å². The van der Waals surface area contributed by atoms with Crippen LogP contribution in [0.5, 0.6) is 0 Å². The first-order chi connectivity index (χ1) is 12.2. The number of aryl methyl sites for hydroxylation is 1. The van der Waals surface area contributed by atoms with E-state index < -0.39 is 0 Å². The number of benzene rings is 1. The van der Waals surface area contributed by atoms with Crippen LogP contribution in [0.15, 0.2) is 42.5 Å². The van der Waals surface area contributed by atoms with Crippen molar-refractivity contribution >= 4 is 16.9 Å². The van der Waals surface area contributed by atoms with Crippen LogP contribution in [-0.4, -0.2) is 46.2 Å². The fourth-order valence-corrected chi connectivity index (χ4v) is 3.33. The summed E-state index contributed by atoms with van der Waals surface area (Å²) in [5.74, 6) is 1.95. The zero-order valence-electron chi connectivity index (χ0n) is 14.6. The van der Waals surface area contributed by atoms with Gasteiger partial charge in [0, 0.05) is 27.2 Å². The summed E-state index contributed by atoms with van der Waals surface area (Å²) in [5.41, 5.74) is 3.19. The molecule has 0 spiro atoms. The first-order valence-corrected chi connectivity index (χ1v) is 8.63. The average molecular weight is 337 g/mol. The lowest BCUT2D eigenvalue weighted by Gasteiger charge is -2.32. The van der Waals surface area contributed by atoms with E-state index in [1.54, 1.807) is 0 Å². The normalized spacial score (nSPS) is 18.6. The highest BCUT2D eigenvalue weighted by molar-refractivity contribution is 5.75. The minimum absolute atomic E-state index is 0.00302. The molecule has 6 heteroatoms. The summed E-state index contributed by atoms with van der Waals surface area (Å²) in [7, 11) is 3.96. The molecule has 0 amide bonds. The molecule has 130 valence electrons. The molecular weight excluding hydrogens is 314 g/mol. The third kappa shape index (κ3) is 3.23. The number of rotatable bonds is 4. The van der Waals surface area contributed by atoms with E-state index in [2.05, 4.69) is 45.0 Å². The zero-order chi connectivity index (χ0) is 17.2. The van der Waals surface area contributed by atoms with Gasteiger partial charge in [-0.15, -0.1) is 0 Å². The van der Waals surface area contributed by atoms with E-state index in [1.807, 2.05) is 31.3 Å². The molecule has 0 radical (unpaired) electrons. The predicted octanol–water partition coefficient (Wildman–Crippen LogP) is 2.58. The Hall–Kier alpha value is -2.44. The number of nitrogens with one attached hydrogen (secondary N) is 1. The van der Waals surface area contributed by atoms with E-state index in [9.17, 15) is 0 Å². The number of pyridine rings is 1. The van der Waals surface area contributed by atoms with E-state index >= 15 is 0 Å². The van der Waals surface area contributed by atoms with Crippen LogP contribution in [0.1, 0.15) is 17.6 Å². The Balaban J connectivity index is 1.51. The fourth-order valence-electron chi connectivity index (χ4n) is 3.33. The SMILES string of the molecule is CNc1cccc([C@@H]2CN(Cc3nc4ccccc4n3C)CCO2)n1. The van der Waals surface area contributed by atoms with Crippen molar-refractivity contribution in [2.75, 3.05) is 32.1 Å². The molecule has 0 aliphatic carbocycles. The summed E-state index contributed by atoms with van der Waals surface area (Å²) in [6.45, 7) is 3.26. The molecule has 1 aromatic carbocycles. The molecule has 1 N–H and O–H groups in total. The Morgan fingerprint density at radius 3 is 2.88 bits per heavy atom. The number of hydrogen-bond acceptors (Lipinski definition) is 5. The van der Waals surface area contributed by atoms with Gasteiger partial charge in [0.2, 0.25) is 0 Å². The van der Waals surface area contributed by atoms with Crippen molar-refractivity contribution in [2.45, 2.75) is 12.6 Å². The highest BCUT2D eigenvalue weighted by atomic mass is 16.5. The number of hydrogen-bond donors (Lipinski definition) is 1. The average Bonchev–Trinajstić information content (AvgIpc) is 2.98. The van der Waals surface area contributed by atoms with Crippen LogP contribution in [-0.2, 0) is 18.3 Å². The lowest BCUT2D eigenvalue weighted by Crippen LogP contribution is -2.38. The maximum absolute atomic E-state index is 5.96. The first-order valence-electron chi connectivity index (χ1n) is 8.63. The Labute approximate surface area is 147 Å². The number of para-hydroxylation sites is 2. The number of ether oxygens (including phenoxy) is 1. The molecule has 2 aromatic heterocycles. The van der Waals surface area contributed by atoms with Crippen molar-refractivity contribution in [2.24, 2.45) is 7.05 Å². The Kier molecular flexibility index (Phi) is 4.38. The van der Waals surface area contributed by atoms with Gasteiger partial charge in [0.05, 0.1) is 29.9 Å². The molecule has 0 bridgehead atoms. The largest absolute Gasteiger partial charge is 0.373 e. The Bertz CT molecular complexity index is 875. The lowest BCUT2D eigenvalue weighted by atomic mass is 10.2. The molecule has 1 fully saturated rings. The van der Waals surface area contributed by atoms with E-state index in [1.165, 1.54) is 5.52 Å². The van der Waals surface area contributed by atoms with Gasteiger partial charge in [-0.1, -0.05) is 18.2 Å². The monoisotopic (exact) mass is 337 g/mol. The van der Waals surface area contributed by atoms with Crippen LogP contribution in [0, 0.1) is 0 Å². The smallest absolute Gasteiger partial charge is 0.126 e. The van der Waals surface area contributed by atoms with Crippen molar-refractivity contribution in [3.05, 3.63) is 54.0 Å². The van der Waals surface area contributed by atoms with Gasteiger partial charge < -0.3 is 14.6 Å². The molecule has 4 rings (SSSR count). The number of morpholine rings is 1. The van der Waals surface area contributed by atoms with Crippen molar-refractivity contribution in [3.63, 3.8) is 0 Å². The summed E-state index contributed by atoms with van der Waals surface area (Å²) in [6.07, 6.45) is -0.00302. The highest BCUT2D eigenvalue weighted by Gasteiger charge is 2.24. The van der Waals surface area contributed by atoms with E-state index in [4.69, 9.17) is 9.72 Å². The maximum Gasteiger partial charge on any atom is 0.126 e. The molecule has 1 saturated heterocycles. The second-order valence-electron chi connectivity index (χ2n) is 6.37. The predicted molar refractivity (Wildman–Crippen MR) is 98.5 cm³/mol. The number of anilines is 1. The van der Waals surface area contributed by atoms with Gasteiger partial charge in [0.25, 0.3) is 0 Å². The van der Waals surface area contributed by atoms with Crippen molar-refractivity contribution in [3.8, 4) is 0 Å². The third-order valence-electron chi connectivity index (χ3n) is 4.75. The lowest BCUT2D eigenvalue weighted by molar-refractivity contribution is -0.0358. The van der Waals surface area contributed by atoms with Crippen molar-refractivity contribution in [1.29, 1.82) is 0 Å². The Morgan fingerprint density at radius 2 is 2.04 bits per heavy atom. The van der Waals surface area contributed by atoms with Crippen LogP contribution < -0.4 is 5.32 Å². The summed E-state index contributed by atoms with van der Waals surface area (Å²) < 4.78 is 8.14. The molecule has 1 atom stereocenters. The van der Waals surface area contributed by atoms with Crippen LogP contribution >= 0.6 is 0 Å². The molecular formula is C19H23N5O. The van der Waals surface area contributed by atoms with Crippen molar-refractivity contribution < 1.29 is 4.74 Å². The second kappa shape index (κ2) is 6.82. The maximum atomic E-state index is 5.96. The standard InChI is InChI=1S/C19H23N5O/c1-20-18-9-5-7-15(21-18)17-12-24(10-11-25-17)13-19-22-14-6-3-4-8-16(14)23(19)2/h3-9,17H,10-13H2,1-2H3,(H,20,21)/t17-/m0/s1. The van der Waals surface area contributed by atoms with Crippen LogP contribution in [0.3, 0.4) is 0 Å². The number of nitrogens with zero attached hydrogens (tertiary/aromatic N) is 4. The van der Waals surface area contributed by atoms with Gasteiger partial charge in [-0.2, -0.15) is 0 Å². The molecule has 0 saturated carbocycles. The Morgan fingerprint density at radius 1 is 1.16 bits per heavy atom. The van der Waals surface area contributed by atoms with Gasteiger partial charge in [-0.05, 0) is 24.3 Å². The summed E-state index contributed by atoms with van der Waals surface area (Å²) in [6, 6.07) is 14.3. The van der Waals surface area contributed by atoms with Crippen molar-refractivity contribution in [1.82, 2.24) is 19.4 Å². The fraction of sp³-hybridized carbons (Fsp3) is 0.368. The van der Waals surface area contributed by atoms with Gasteiger partial charge >= 0.3 is 0 Å². The molecule has 0 unspecified atom stereocenters. The molecule has 6 nitrogen and oxygen atoms in total. The number of aromatic nitrogens is 3. The molecule has 1 aliphatic heterocycles. The zero-order valence-corrected chi connectivity index (χ0v) is 14.6. The summed E-state index contributed by atoms with van der Waals surface area (Å²) in [4.78, 5) is 11.8. The van der Waals surface area contributed by atoms with Gasteiger partial charge in [-0.25, -0.2) is 9.97 Å². The highest BCUT2D eigenvalue weighted by Crippen LogP contribution is 2.23. The van der Waals surface area contributed by atoms with Crippen LogP contribution in [0.2, 0.25) is 0 Å². The first kappa shape index (κ1) is 16.1. The minimum atomic E-state index is -0.00302. The molecule has 3 heterocycles. The number of imidazole rings is 1. The summed E-state index contributed by atoms with van der Waals surface area (Å²) >= 11 is 0. The topological polar surface area (TPSA) is 55.2 Å². The third-order valence-corrected chi connectivity index (χ3v) is 4.75. The molecule has 1 aliphatic rings. The van der Waals surface area contributed by atoms with E-state index in [0.717, 1.165) is 42.5 Å². The van der Waals surface area contributed by atoms with E-state index in [0.29, 0.717) is 6.61 Å². The minimum Gasteiger partial charge on any atom is -0.373 e. The van der Waals surface area contributed by atoms with Gasteiger partial charge in [0.1, 0.15) is 17.7 Å². The molecule has 25 heavy (non-hydrogen) atoms. The second-order valence-corrected chi connectivity index (χ2v) is 6.37. The summed E-state index contributed by atoms with van der Waals surface area (Å²) in [5, 5.41) is 3.09. The molecule has 3 aromatic rings. The van der Waals surface area contributed by atoms with Gasteiger partial charge in [0.15, 0.2) is 0 Å². The van der Waals surface area contributed by atoms with Gasteiger partial charge in [-0.3, -0.25) is 4.90 Å². The van der Waals surface area contributed by atoms with Crippen LogP contribution in [0.4, 0.5) is 5.82 Å².